The van der Waals surface area contributed by atoms with Crippen LogP contribution in [0.4, 0.5) is 5.82 Å². The molecular weight excluding hydrogens is 348 g/mol. The Labute approximate surface area is 159 Å². The van der Waals surface area contributed by atoms with Crippen molar-refractivity contribution >= 4 is 17.6 Å². The van der Waals surface area contributed by atoms with Crippen LogP contribution in [0.5, 0.6) is 0 Å². The van der Waals surface area contributed by atoms with Crippen molar-refractivity contribution < 1.29 is 14.3 Å². The van der Waals surface area contributed by atoms with Crippen LogP contribution in [0.15, 0.2) is 6.07 Å². The van der Waals surface area contributed by atoms with Crippen LogP contribution in [0, 0.1) is 0 Å². The zero-order valence-corrected chi connectivity index (χ0v) is 16.3. The lowest BCUT2D eigenvalue weighted by Gasteiger charge is -2.34. The number of likely N-dealkylation sites (N-methyl/N-ethyl adjacent to an activating group) is 2. The number of ether oxygens (including phenoxy) is 1. The zero-order valence-electron chi connectivity index (χ0n) is 16.3. The van der Waals surface area contributed by atoms with Crippen LogP contribution in [0.3, 0.4) is 0 Å². The van der Waals surface area contributed by atoms with E-state index in [1.54, 1.807) is 11.9 Å². The number of piperazine rings is 1. The molecule has 0 aliphatic carbocycles. The van der Waals surface area contributed by atoms with E-state index in [9.17, 15) is 9.59 Å². The second-order valence-corrected chi connectivity index (χ2v) is 7.21. The predicted octanol–water partition coefficient (Wildman–Crippen LogP) is -0.782. The van der Waals surface area contributed by atoms with E-state index in [-0.39, 0.29) is 25.0 Å². The molecule has 2 aliphatic rings. The Kier molecular flexibility index (Phi) is 6.22. The maximum Gasteiger partial charge on any atom is 0.248 e. The maximum atomic E-state index is 12.6. The van der Waals surface area contributed by atoms with Crippen molar-refractivity contribution in [2.24, 2.45) is 0 Å². The third kappa shape index (κ3) is 4.72. The van der Waals surface area contributed by atoms with Crippen molar-refractivity contribution in [3.63, 3.8) is 0 Å². The molecule has 9 heteroatoms. The van der Waals surface area contributed by atoms with Crippen molar-refractivity contribution in [3.05, 3.63) is 17.3 Å². The van der Waals surface area contributed by atoms with E-state index >= 15 is 0 Å². The molecule has 148 valence electrons. The number of carbonyl (C=O) groups excluding carboxylic acids is 2. The van der Waals surface area contributed by atoms with Gasteiger partial charge in [0, 0.05) is 59.8 Å². The summed E-state index contributed by atoms with van der Waals surface area (Å²) in [6.45, 7) is 5.02. The standard InChI is InChI=1S/C18H28N6O3/c1-21-6-8-23(9-7-21)16-10-14-11-24(5-4-15(14)19-20-16)17(25)12-22(2)18(26)13-27-3/h10H,4-9,11-13H2,1-3H3. The highest BCUT2D eigenvalue weighted by atomic mass is 16.5. The Morgan fingerprint density at radius 2 is 1.93 bits per heavy atom. The van der Waals surface area contributed by atoms with Gasteiger partial charge < -0.3 is 24.3 Å². The summed E-state index contributed by atoms with van der Waals surface area (Å²) in [6.07, 6.45) is 0.687. The fourth-order valence-corrected chi connectivity index (χ4v) is 3.34. The second kappa shape index (κ2) is 8.62. The van der Waals surface area contributed by atoms with Crippen LogP contribution in [0.2, 0.25) is 0 Å². The predicted molar refractivity (Wildman–Crippen MR) is 100 cm³/mol. The van der Waals surface area contributed by atoms with Gasteiger partial charge in [0.25, 0.3) is 0 Å². The van der Waals surface area contributed by atoms with Gasteiger partial charge in [-0.2, -0.15) is 5.10 Å². The summed E-state index contributed by atoms with van der Waals surface area (Å²) >= 11 is 0. The number of hydrogen-bond donors (Lipinski definition) is 0. The van der Waals surface area contributed by atoms with Gasteiger partial charge in [0.15, 0.2) is 5.82 Å². The molecule has 9 nitrogen and oxygen atoms in total. The molecule has 0 spiro atoms. The number of hydrogen-bond acceptors (Lipinski definition) is 7. The Bertz CT molecular complexity index is 690. The minimum atomic E-state index is -0.202. The minimum Gasteiger partial charge on any atom is -0.375 e. The number of nitrogens with zero attached hydrogens (tertiary/aromatic N) is 6. The van der Waals surface area contributed by atoms with Gasteiger partial charge in [-0.05, 0) is 18.7 Å². The number of aromatic nitrogens is 2. The molecule has 2 aliphatic heterocycles. The molecule has 1 fully saturated rings. The van der Waals surface area contributed by atoms with E-state index in [0.717, 1.165) is 43.3 Å². The third-order valence-electron chi connectivity index (χ3n) is 5.17. The maximum absolute atomic E-state index is 12.6. The van der Waals surface area contributed by atoms with Crippen molar-refractivity contribution in [3.8, 4) is 0 Å². The van der Waals surface area contributed by atoms with Crippen LogP contribution in [-0.2, 0) is 27.3 Å². The second-order valence-electron chi connectivity index (χ2n) is 7.21. The van der Waals surface area contributed by atoms with Crippen molar-refractivity contribution in [1.82, 2.24) is 24.9 Å². The molecule has 0 unspecified atom stereocenters. The first-order chi connectivity index (χ1) is 13.0. The van der Waals surface area contributed by atoms with Gasteiger partial charge in [-0.25, -0.2) is 0 Å². The fraction of sp³-hybridized carbons (Fsp3) is 0.667. The molecule has 0 bridgehead atoms. The van der Waals surface area contributed by atoms with Gasteiger partial charge in [-0.1, -0.05) is 0 Å². The van der Waals surface area contributed by atoms with Crippen molar-refractivity contribution in [1.29, 1.82) is 0 Å². The van der Waals surface area contributed by atoms with E-state index in [1.165, 1.54) is 12.0 Å². The minimum absolute atomic E-state index is 0.0173. The van der Waals surface area contributed by atoms with E-state index in [4.69, 9.17) is 4.74 Å². The highest BCUT2D eigenvalue weighted by Gasteiger charge is 2.25. The molecule has 2 amide bonds. The van der Waals surface area contributed by atoms with Crippen LogP contribution >= 0.6 is 0 Å². The summed E-state index contributed by atoms with van der Waals surface area (Å²) < 4.78 is 4.84. The first-order valence-electron chi connectivity index (χ1n) is 9.27. The summed E-state index contributed by atoms with van der Waals surface area (Å²) in [4.78, 5) is 32.1. The van der Waals surface area contributed by atoms with Gasteiger partial charge >= 0.3 is 0 Å². The van der Waals surface area contributed by atoms with Crippen LogP contribution in [0.1, 0.15) is 11.3 Å². The number of carbonyl (C=O) groups is 2. The quantitative estimate of drug-likeness (QED) is 0.667. The molecule has 0 radical (unpaired) electrons. The highest BCUT2D eigenvalue weighted by Crippen LogP contribution is 2.21. The summed E-state index contributed by atoms with van der Waals surface area (Å²) in [5, 5.41) is 8.79. The first kappa shape index (κ1) is 19.5. The summed E-state index contributed by atoms with van der Waals surface area (Å²) in [6, 6.07) is 2.06. The van der Waals surface area contributed by atoms with Gasteiger partial charge in [-0.15, -0.1) is 5.10 Å². The topological polar surface area (TPSA) is 82.1 Å². The van der Waals surface area contributed by atoms with Crippen LogP contribution in [-0.4, -0.2) is 104 Å². The largest absolute Gasteiger partial charge is 0.375 e. The molecule has 1 saturated heterocycles. The van der Waals surface area contributed by atoms with E-state index in [1.807, 2.05) is 0 Å². The Balaban J connectivity index is 1.63. The summed E-state index contributed by atoms with van der Waals surface area (Å²) in [7, 11) is 5.20. The Morgan fingerprint density at radius 3 is 2.63 bits per heavy atom. The third-order valence-corrected chi connectivity index (χ3v) is 5.17. The van der Waals surface area contributed by atoms with Crippen molar-refractivity contribution in [2.45, 2.75) is 13.0 Å². The summed E-state index contributed by atoms with van der Waals surface area (Å²) in [5.41, 5.74) is 2.00. The molecular formula is C18H28N6O3. The molecule has 3 rings (SSSR count). The smallest absolute Gasteiger partial charge is 0.248 e. The number of fused-ring (bicyclic) bond motifs is 1. The molecule has 1 aromatic heterocycles. The lowest BCUT2D eigenvalue weighted by atomic mass is 10.1. The summed E-state index contributed by atoms with van der Waals surface area (Å²) in [5.74, 6) is 0.612. The number of anilines is 1. The zero-order chi connectivity index (χ0) is 19.4. The van der Waals surface area contributed by atoms with Crippen LogP contribution in [0.25, 0.3) is 0 Å². The van der Waals surface area contributed by atoms with Gasteiger partial charge in [0.1, 0.15) is 6.61 Å². The number of methoxy groups -OCH3 is 1. The highest BCUT2D eigenvalue weighted by molar-refractivity contribution is 5.85. The molecule has 27 heavy (non-hydrogen) atoms. The normalized spacial score (nSPS) is 17.6. The average Bonchev–Trinajstić information content (AvgIpc) is 2.67. The van der Waals surface area contributed by atoms with Gasteiger partial charge in [0.05, 0.1) is 12.2 Å². The SMILES string of the molecule is COCC(=O)N(C)CC(=O)N1CCc2nnc(N3CCN(C)CC3)cc2C1. The lowest BCUT2D eigenvalue weighted by molar-refractivity contribution is -0.141. The average molecular weight is 376 g/mol. The molecule has 0 N–H and O–H groups in total. The molecule has 0 aromatic carbocycles. The number of rotatable bonds is 5. The Morgan fingerprint density at radius 1 is 1.19 bits per heavy atom. The molecule has 3 heterocycles. The molecule has 0 atom stereocenters. The van der Waals surface area contributed by atoms with Gasteiger partial charge in [0.2, 0.25) is 11.8 Å². The van der Waals surface area contributed by atoms with E-state index in [0.29, 0.717) is 19.5 Å². The van der Waals surface area contributed by atoms with Crippen molar-refractivity contribution in [2.75, 3.05) is 72.0 Å². The first-order valence-corrected chi connectivity index (χ1v) is 9.27. The lowest BCUT2D eigenvalue weighted by Crippen LogP contribution is -2.45. The molecule has 1 aromatic rings. The fourth-order valence-electron chi connectivity index (χ4n) is 3.34. The van der Waals surface area contributed by atoms with E-state index < -0.39 is 0 Å². The van der Waals surface area contributed by atoms with E-state index in [2.05, 4.69) is 33.1 Å². The van der Waals surface area contributed by atoms with Crippen LogP contribution < -0.4 is 4.90 Å². The van der Waals surface area contributed by atoms with Gasteiger partial charge in [-0.3, -0.25) is 9.59 Å². The Hall–Kier alpha value is -2.26. The monoisotopic (exact) mass is 376 g/mol. The molecule has 0 saturated carbocycles. The number of amides is 2.